The molecule has 0 unspecified atom stereocenters. The molecule has 0 spiro atoms. The zero-order valence-electron chi connectivity index (χ0n) is 26.0. The molecule has 0 saturated heterocycles. The summed E-state index contributed by atoms with van der Waals surface area (Å²) in [5, 5.41) is 8.86. The summed E-state index contributed by atoms with van der Waals surface area (Å²) in [6.07, 6.45) is 4.72. The standard InChI is InChI=1S/C34H41ClN4O2Si/c1-22(2)16-29-28-20-39(19-25-18-36-32(35)27-15-10-9-14-26(25)27)31(30(28)33(40)38(6)37-29)24-13-11-12-23(17-24)21-41-42(7,8)34(3,4)5/h9-15,17-18,20,22H,16,19,21H2,1-8H3. The Kier molecular flexibility index (Phi) is 8.22. The first kappa shape index (κ1) is 30.2. The SMILES string of the molecule is CC(C)Cc1nn(C)c(=O)c2c(-c3cccc(CO[Si](C)(C)C(C)(C)C)c3)n(Cc3cnc(Cl)c4ccccc34)cc12. The molecule has 0 fully saturated rings. The molecule has 0 amide bonds. The first-order valence-corrected chi connectivity index (χ1v) is 17.9. The molecule has 0 aliphatic carbocycles. The molecule has 6 nitrogen and oxygen atoms in total. The van der Waals surface area contributed by atoms with Crippen LogP contribution in [-0.2, 0) is 31.0 Å². The van der Waals surface area contributed by atoms with E-state index in [2.05, 4.69) is 93.8 Å². The molecule has 3 heterocycles. The maximum absolute atomic E-state index is 13.8. The molecular weight excluding hydrogens is 560 g/mol. The van der Waals surface area contributed by atoms with Crippen LogP contribution in [0.2, 0.25) is 23.3 Å². The number of hydrogen-bond donors (Lipinski definition) is 0. The summed E-state index contributed by atoms with van der Waals surface area (Å²) in [7, 11) is -0.189. The molecule has 0 bridgehead atoms. The fraction of sp³-hybridized carbons (Fsp3) is 0.382. The number of nitrogens with zero attached hydrogens (tertiary/aromatic N) is 4. The minimum atomic E-state index is -1.93. The first-order chi connectivity index (χ1) is 19.8. The molecule has 42 heavy (non-hydrogen) atoms. The Labute approximate surface area is 254 Å². The second kappa shape index (κ2) is 11.4. The van der Waals surface area contributed by atoms with E-state index in [4.69, 9.17) is 21.1 Å². The van der Waals surface area contributed by atoms with Gasteiger partial charge in [-0.15, -0.1) is 0 Å². The smallest absolute Gasteiger partial charge is 0.276 e. The van der Waals surface area contributed by atoms with Gasteiger partial charge in [-0.05, 0) is 58.6 Å². The van der Waals surface area contributed by atoms with Gasteiger partial charge in [-0.2, -0.15) is 5.10 Å². The van der Waals surface area contributed by atoms with Gasteiger partial charge in [0.25, 0.3) is 5.56 Å². The monoisotopic (exact) mass is 600 g/mol. The predicted octanol–water partition coefficient (Wildman–Crippen LogP) is 8.37. The first-order valence-electron chi connectivity index (χ1n) is 14.6. The van der Waals surface area contributed by atoms with E-state index in [0.29, 0.717) is 29.6 Å². The molecule has 5 aromatic rings. The summed E-state index contributed by atoms with van der Waals surface area (Å²) in [6.45, 7) is 16.7. The van der Waals surface area contributed by atoms with Crippen molar-refractivity contribution in [3.63, 3.8) is 0 Å². The van der Waals surface area contributed by atoms with Crippen LogP contribution in [0.15, 0.2) is 65.7 Å². The van der Waals surface area contributed by atoms with Crippen molar-refractivity contribution in [3.05, 3.63) is 93.3 Å². The largest absolute Gasteiger partial charge is 0.413 e. The van der Waals surface area contributed by atoms with Gasteiger partial charge in [-0.3, -0.25) is 4.79 Å². The highest BCUT2D eigenvalue weighted by molar-refractivity contribution is 6.74. The molecular formula is C34H41ClN4O2Si. The minimum absolute atomic E-state index is 0.103. The number of benzene rings is 2. The van der Waals surface area contributed by atoms with Crippen LogP contribution in [-0.4, -0.2) is 27.6 Å². The molecule has 220 valence electrons. The van der Waals surface area contributed by atoms with Crippen molar-refractivity contribution in [2.75, 3.05) is 0 Å². The molecule has 2 aromatic carbocycles. The Bertz CT molecular complexity index is 1830. The third-order valence-corrected chi connectivity index (χ3v) is 13.3. The number of halogens is 1. The number of aryl methyl sites for hydroxylation is 1. The lowest BCUT2D eigenvalue weighted by molar-refractivity contribution is 0.276. The summed E-state index contributed by atoms with van der Waals surface area (Å²) in [5.74, 6) is 0.394. The van der Waals surface area contributed by atoms with Gasteiger partial charge in [-0.25, -0.2) is 9.67 Å². The number of aromatic nitrogens is 4. The Morgan fingerprint density at radius 1 is 1.02 bits per heavy atom. The number of fused-ring (bicyclic) bond motifs is 2. The van der Waals surface area contributed by atoms with Gasteiger partial charge >= 0.3 is 0 Å². The third-order valence-electron chi connectivity index (χ3n) is 8.55. The summed E-state index contributed by atoms with van der Waals surface area (Å²) in [4.78, 5) is 18.3. The van der Waals surface area contributed by atoms with Crippen molar-refractivity contribution < 1.29 is 4.43 Å². The van der Waals surface area contributed by atoms with Crippen molar-refractivity contribution in [1.29, 1.82) is 0 Å². The molecule has 0 radical (unpaired) electrons. The highest BCUT2D eigenvalue weighted by Crippen LogP contribution is 2.38. The van der Waals surface area contributed by atoms with E-state index in [-0.39, 0.29) is 10.6 Å². The predicted molar refractivity (Wildman–Crippen MR) is 177 cm³/mol. The number of hydrogen-bond acceptors (Lipinski definition) is 4. The lowest BCUT2D eigenvalue weighted by Crippen LogP contribution is -2.40. The van der Waals surface area contributed by atoms with Crippen LogP contribution < -0.4 is 5.56 Å². The molecule has 0 N–H and O–H groups in total. The van der Waals surface area contributed by atoms with Gasteiger partial charge in [-0.1, -0.05) is 88.7 Å². The van der Waals surface area contributed by atoms with Gasteiger partial charge in [0.2, 0.25) is 0 Å². The number of rotatable bonds is 8. The molecule has 0 saturated carbocycles. The number of pyridine rings is 1. The Morgan fingerprint density at radius 3 is 2.43 bits per heavy atom. The molecule has 0 atom stereocenters. The van der Waals surface area contributed by atoms with Crippen molar-refractivity contribution in [3.8, 4) is 11.3 Å². The van der Waals surface area contributed by atoms with Crippen molar-refractivity contribution in [2.24, 2.45) is 13.0 Å². The Hall–Kier alpha value is -3.26. The topological polar surface area (TPSA) is 61.9 Å². The van der Waals surface area contributed by atoms with Gasteiger partial charge < -0.3 is 8.99 Å². The van der Waals surface area contributed by atoms with Crippen molar-refractivity contribution in [2.45, 2.75) is 72.3 Å². The lowest BCUT2D eigenvalue weighted by Gasteiger charge is -2.36. The normalized spacial score (nSPS) is 12.6. The Morgan fingerprint density at radius 2 is 1.74 bits per heavy atom. The van der Waals surface area contributed by atoms with E-state index >= 15 is 0 Å². The molecule has 3 aromatic heterocycles. The van der Waals surface area contributed by atoms with Crippen molar-refractivity contribution >= 4 is 41.5 Å². The van der Waals surface area contributed by atoms with E-state index in [1.165, 1.54) is 4.68 Å². The minimum Gasteiger partial charge on any atom is -0.413 e. The third kappa shape index (κ3) is 5.83. The van der Waals surface area contributed by atoms with E-state index < -0.39 is 8.32 Å². The summed E-state index contributed by atoms with van der Waals surface area (Å²) in [6, 6.07) is 16.5. The zero-order chi connectivity index (χ0) is 30.4. The fourth-order valence-corrected chi connectivity index (χ4v) is 6.39. The summed E-state index contributed by atoms with van der Waals surface area (Å²) in [5.41, 5.74) is 4.80. The van der Waals surface area contributed by atoms with Crippen LogP contribution in [0.1, 0.15) is 51.4 Å². The second-order valence-corrected chi connectivity index (χ2v) is 18.4. The summed E-state index contributed by atoms with van der Waals surface area (Å²) < 4.78 is 10.2. The maximum Gasteiger partial charge on any atom is 0.276 e. The fourth-order valence-electron chi connectivity index (χ4n) is 5.22. The van der Waals surface area contributed by atoms with Crippen LogP contribution in [0.25, 0.3) is 32.8 Å². The molecule has 5 rings (SSSR count). The molecule has 0 aliphatic heterocycles. The van der Waals surface area contributed by atoms with E-state index in [0.717, 1.165) is 50.7 Å². The van der Waals surface area contributed by atoms with Crippen LogP contribution >= 0.6 is 11.6 Å². The zero-order valence-corrected chi connectivity index (χ0v) is 27.7. The lowest BCUT2D eigenvalue weighted by atomic mass is 10.0. The Balaban J connectivity index is 1.70. The van der Waals surface area contributed by atoms with Crippen LogP contribution in [0.5, 0.6) is 0 Å². The molecule has 8 heteroatoms. The maximum atomic E-state index is 13.8. The van der Waals surface area contributed by atoms with Gasteiger partial charge in [0, 0.05) is 36.8 Å². The molecule has 0 aliphatic rings. The highest BCUT2D eigenvalue weighted by Gasteiger charge is 2.37. The van der Waals surface area contributed by atoms with Gasteiger partial charge in [0.05, 0.1) is 23.4 Å². The van der Waals surface area contributed by atoms with E-state index in [1.807, 2.05) is 24.4 Å². The highest BCUT2D eigenvalue weighted by atomic mass is 35.5. The average molecular weight is 601 g/mol. The second-order valence-electron chi connectivity index (χ2n) is 13.2. The van der Waals surface area contributed by atoms with Crippen LogP contribution in [0, 0.1) is 5.92 Å². The van der Waals surface area contributed by atoms with Gasteiger partial charge in [0.15, 0.2) is 8.32 Å². The van der Waals surface area contributed by atoms with Crippen molar-refractivity contribution in [1.82, 2.24) is 19.3 Å². The average Bonchev–Trinajstić information content (AvgIpc) is 3.31. The summed E-state index contributed by atoms with van der Waals surface area (Å²) >= 11 is 6.46. The van der Waals surface area contributed by atoms with Gasteiger partial charge in [0.1, 0.15) is 5.15 Å². The van der Waals surface area contributed by atoms with Crippen LogP contribution in [0.4, 0.5) is 0 Å². The van der Waals surface area contributed by atoms with E-state index in [9.17, 15) is 4.79 Å². The quantitative estimate of drug-likeness (QED) is 0.133. The van der Waals surface area contributed by atoms with E-state index in [1.54, 1.807) is 7.05 Å². The van der Waals surface area contributed by atoms with Crippen LogP contribution in [0.3, 0.4) is 0 Å².